The molecule has 0 unspecified atom stereocenters. The first-order chi connectivity index (χ1) is 13.5. The van der Waals surface area contributed by atoms with Gasteiger partial charge in [-0.3, -0.25) is 9.59 Å². The Morgan fingerprint density at radius 2 is 1.86 bits per heavy atom. The van der Waals surface area contributed by atoms with Crippen LogP contribution >= 0.6 is 15.9 Å². The lowest BCUT2D eigenvalue weighted by atomic mass is 9.95. The lowest BCUT2D eigenvalue weighted by Crippen LogP contribution is -2.43. The zero-order valence-electron chi connectivity index (χ0n) is 16.0. The molecule has 2 aromatic rings. The first kappa shape index (κ1) is 20.4. The van der Waals surface area contributed by atoms with Crippen LogP contribution in [0.5, 0.6) is 5.75 Å². The predicted octanol–water partition coefficient (Wildman–Crippen LogP) is 3.80. The Bertz CT molecular complexity index is 815. The van der Waals surface area contributed by atoms with Crippen LogP contribution in [-0.4, -0.2) is 43.0 Å². The standard InChI is InChI=1S/C22H25BrN2O3/c1-16-3-2-4-20(15-16)28-14-11-24-21(26)17-9-12-25(13-10-17)22(27)18-5-7-19(23)8-6-18/h2-8,15,17H,9-14H2,1H3,(H,24,26). The number of rotatable bonds is 6. The van der Waals surface area contributed by atoms with Gasteiger partial charge in [-0.1, -0.05) is 28.1 Å². The van der Waals surface area contributed by atoms with Crippen LogP contribution in [0.15, 0.2) is 53.0 Å². The third kappa shape index (κ3) is 5.58. The minimum absolute atomic E-state index is 0.0258. The van der Waals surface area contributed by atoms with E-state index in [9.17, 15) is 9.59 Å². The number of benzene rings is 2. The molecule has 0 aromatic heterocycles. The molecule has 0 atom stereocenters. The van der Waals surface area contributed by atoms with Gasteiger partial charge in [-0.25, -0.2) is 0 Å². The van der Waals surface area contributed by atoms with E-state index in [1.807, 2.05) is 60.4 Å². The van der Waals surface area contributed by atoms with Gasteiger partial charge in [-0.05, 0) is 61.7 Å². The van der Waals surface area contributed by atoms with Crippen molar-refractivity contribution >= 4 is 27.7 Å². The number of carbonyl (C=O) groups excluding carboxylic acids is 2. The van der Waals surface area contributed by atoms with E-state index in [-0.39, 0.29) is 17.7 Å². The Morgan fingerprint density at radius 3 is 2.54 bits per heavy atom. The maximum absolute atomic E-state index is 12.6. The SMILES string of the molecule is Cc1cccc(OCCNC(=O)C2CCN(C(=O)c3ccc(Br)cc3)CC2)c1. The van der Waals surface area contributed by atoms with Crippen LogP contribution in [-0.2, 0) is 4.79 Å². The molecule has 1 aliphatic heterocycles. The van der Waals surface area contributed by atoms with Gasteiger partial charge in [-0.15, -0.1) is 0 Å². The smallest absolute Gasteiger partial charge is 0.253 e. The van der Waals surface area contributed by atoms with E-state index >= 15 is 0 Å². The molecule has 5 nitrogen and oxygen atoms in total. The van der Waals surface area contributed by atoms with Gasteiger partial charge in [0.25, 0.3) is 5.91 Å². The zero-order valence-corrected chi connectivity index (χ0v) is 17.6. The van der Waals surface area contributed by atoms with Crippen LogP contribution in [0.25, 0.3) is 0 Å². The molecular formula is C22H25BrN2O3. The second kappa shape index (κ2) is 9.73. The number of halogens is 1. The third-order valence-corrected chi connectivity index (χ3v) is 5.43. The molecular weight excluding hydrogens is 420 g/mol. The van der Waals surface area contributed by atoms with E-state index in [0.29, 0.717) is 44.6 Å². The number of nitrogens with zero attached hydrogens (tertiary/aromatic N) is 1. The highest BCUT2D eigenvalue weighted by Gasteiger charge is 2.27. The number of hydrogen-bond acceptors (Lipinski definition) is 3. The first-order valence-corrected chi connectivity index (χ1v) is 10.3. The number of likely N-dealkylation sites (tertiary alicyclic amines) is 1. The molecule has 1 fully saturated rings. The van der Waals surface area contributed by atoms with Crippen LogP contribution in [0.3, 0.4) is 0 Å². The van der Waals surface area contributed by atoms with Gasteiger partial charge in [0.05, 0.1) is 6.54 Å². The molecule has 0 aliphatic carbocycles. The Labute approximate surface area is 174 Å². The van der Waals surface area contributed by atoms with Gasteiger partial charge in [0.1, 0.15) is 12.4 Å². The number of amides is 2. The van der Waals surface area contributed by atoms with Crippen molar-refractivity contribution in [3.05, 3.63) is 64.1 Å². The number of hydrogen-bond donors (Lipinski definition) is 1. The summed E-state index contributed by atoms with van der Waals surface area (Å²) < 4.78 is 6.61. The Hall–Kier alpha value is -2.34. The van der Waals surface area contributed by atoms with E-state index in [1.54, 1.807) is 0 Å². The summed E-state index contributed by atoms with van der Waals surface area (Å²) in [5.74, 6) is 0.837. The lowest BCUT2D eigenvalue weighted by Gasteiger charge is -2.31. The van der Waals surface area contributed by atoms with Crippen LogP contribution < -0.4 is 10.1 Å². The van der Waals surface area contributed by atoms with Crippen molar-refractivity contribution < 1.29 is 14.3 Å². The van der Waals surface area contributed by atoms with Crippen LogP contribution in [0.2, 0.25) is 0 Å². The summed E-state index contributed by atoms with van der Waals surface area (Å²) in [6.45, 7) is 4.14. The summed E-state index contributed by atoms with van der Waals surface area (Å²) in [5.41, 5.74) is 1.82. The van der Waals surface area contributed by atoms with Crippen molar-refractivity contribution in [3.63, 3.8) is 0 Å². The van der Waals surface area contributed by atoms with E-state index in [1.165, 1.54) is 0 Å². The fraction of sp³-hybridized carbons (Fsp3) is 0.364. The number of aryl methyl sites for hydroxylation is 1. The Balaban J connectivity index is 1.38. The number of nitrogens with one attached hydrogen (secondary N) is 1. The molecule has 0 spiro atoms. The number of piperidine rings is 1. The van der Waals surface area contributed by atoms with Crippen LogP contribution in [0, 0.1) is 12.8 Å². The van der Waals surface area contributed by atoms with Crippen molar-refractivity contribution in [3.8, 4) is 5.75 Å². The van der Waals surface area contributed by atoms with E-state index in [0.717, 1.165) is 15.8 Å². The second-order valence-corrected chi connectivity index (χ2v) is 7.95. The lowest BCUT2D eigenvalue weighted by molar-refractivity contribution is -0.126. The summed E-state index contributed by atoms with van der Waals surface area (Å²) >= 11 is 3.38. The highest BCUT2D eigenvalue weighted by Crippen LogP contribution is 2.20. The molecule has 2 aromatic carbocycles. The third-order valence-electron chi connectivity index (χ3n) is 4.90. The zero-order chi connectivity index (χ0) is 19.9. The summed E-state index contributed by atoms with van der Waals surface area (Å²) in [7, 11) is 0. The summed E-state index contributed by atoms with van der Waals surface area (Å²) in [6.07, 6.45) is 1.37. The molecule has 0 saturated carbocycles. The second-order valence-electron chi connectivity index (χ2n) is 7.03. The minimum Gasteiger partial charge on any atom is -0.492 e. The van der Waals surface area contributed by atoms with Crippen molar-refractivity contribution in [2.45, 2.75) is 19.8 Å². The summed E-state index contributed by atoms with van der Waals surface area (Å²) in [4.78, 5) is 26.8. The molecule has 0 radical (unpaired) electrons. The molecule has 1 saturated heterocycles. The predicted molar refractivity (Wildman–Crippen MR) is 112 cm³/mol. The summed E-state index contributed by atoms with van der Waals surface area (Å²) in [6, 6.07) is 15.2. The Kier molecular flexibility index (Phi) is 7.09. The maximum Gasteiger partial charge on any atom is 0.253 e. The molecule has 1 heterocycles. The molecule has 6 heteroatoms. The number of carbonyl (C=O) groups is 2. The fourth-order valence-corrected chi connectivity index (χ4v) is 3.58. The van der Waals surface area contributed by atoms with E-state index in [2.05, 4.69) is 21.2 Å². The number of ether oxygens (including phenoxy) is 1. The normalized spacial score (nSPS) is 14.6. The largest absolute Gasteiger partial charge is 0.492 e. The van der Waals surface area contributed by atoms with Gasteiger partial charge in [0.15, 0.2) is 0 Å². The quantitative estimate of drug-likeness (QED) is 0.689. The van der Waals surface area contributed by atoms with Gasteiger partial charge in [0, 0.05) is 29.0 Å². The van der Waals surface area contributed by atoms with Crippen molar-refractivity contribution in [1.29, 1.82) is 0 Å². The van der Waals surface area contributed by atoms with Crippen molar-refractivity contribution in [2.24, 2.45) is 5.92 Å². The van der Waals surface area contributed by atoms with Crippen LogP contribution in [0.1, 0.15) is 28.8 Å². The minimum atomic E-state index is -0.0482. The molecule has 3 rings (SSSR count). The summed E-state index contributed by atoms with van der Waals surface area (Å²) in [5, 5.41) is 2.95. The fourth-order valence-electron chi connectivity index (χ4n) is 3.31. The molecule has 28 heavy (non-hydrogen) atoms. The van der Waals surface area contributed by atoms with Gasteiger partial charge < -0.3 is 15.0 Å². The monoisotopic (exact) mass is 444 g/mol. The van der Waals surface area contributed by atoms with Crippen LogP contribution in [0.4, 0.5) is 0 Å². The van der Waals surface area contributed by atoms with Gasteiger partial charge >= 0.3 is 0 Å². The van der Waals surface area contributed by atoms with E-state index in [4.69, 9.17) is 4.74 Å². The Morgan fingerprint density at radius 1 is 1.14 bits per heavy atom. The van der Waals surface area contributed by atoms with Gasteiger partial charge in [0.2, 0.25) is 5.91 Å². The highest BCUT2D eigenvalue weighted by atomic mass is 79.9. The topological polar surface area (TPSA) is 58.6 Å². The molecule has 148 valence electrons. The average molecular weight is 445 g/mol. The van der Waals surface area contributed by atoms with Crippen molar-refractivity contribution in [2.75, 3.05) is 26.2 Å². The van der Waals surface area contributed by atoms with E-state index < -0.39 is 0 Å². The van der Waals surface area contributed by atoms with Crippen molar-refractivity contribution in [1.82, 2.24) is 10.2 Å². The molecule has 0 bridgehead atoms. The average Bonchev–Trinajstić information content (AvgIpc) is 2.71. The molecule has 2 amide bonds. The molecule has 1 aliphatic rings. The van der Waals surface area contributed by atoms with Gasteiger partial charge in [-0.2, -0.15) is 0 Å². The first-order valence-electron chi connectivity index (χ1n) is 9.55. The highest BCUT2D eigenvalue weighted by molar-refractivity contribution is 9.10. The maximum atomic E-state index is 12.6. The molecule has 1 N–H and O–H groups in total.